The van der Waals surface area contributed by atoms with Gasteiger partial charge in [0, 0.05) is 47.7 Å². The fourth-order valence-electron chi connectivity index (χ4n) is 4.41. The van der Waals surface area contributed by atoms with Gasteiger partial charge in [0.25, 0.3) is 5.91 Å². The molecule has 0 bridgehead atoms. The summed E-state index contributed by atoms with van der Waals surface area (Å²) in [4.78, 5) is 19.2. The number of nitrogens with one attached hydrogen (secondary N) is 2. The number of amides is 1. The number of carbonyl (C=O) groups excluding carboxylic acids is 1. The molecular formula is C23H23F5N4O3. The average Bonchev–Trinajstić information content (AvgIpc) is 3.43. The fourth-order valence-corrected chi connectivity index (χ4v) is 4.41. The Morgan fingerprint density at radius 1 is 1.31 bits per heavy atom. The van der Waals surface area contributed by atoms with Gasteiger partial charge in [0.1, 0.15) is 11.9 Å². The van der Waals surface area contributed by atoms with Crippen LogP contribution in [0.25, 0.3) is 0 Å². The highest BCUT2D eigenvalue weighted by Gasteiger charge is 2.65. The molecule has 35 heavy (non-hydrogen) atoms. The summed E-state index contributed by atoms with van der Waals surface area (Å²) in [5.74, 6) is -6.19. The van der Waals surface area contributed by atoms with E-state index >= 15 is 0 Å². The third-order valence-corrected chi connectivity index (χ3v) is 6.51. The molecule has 2 aliphatic rings. The smallest absolute Gasteiger partial charge is 0.417 e. The van der Waals surface area contributed by atoms with Crippen LogP contribution in [-0.2, 0) is 9.53 Å². The molecule has 1 saturated heterocycles. The summed E-state index contributed by atoms with van der Waals surface area (Å²) in [5.41, 5.74) is -2.56. The summed E-state index contributed by atoms with van der Waals surface area (Å²) < 4.78 is 80.8. The van der Waals surface area contributed by atoms with E-state index in [9.17, 15) is 26.7 Å². The first-order valence-electron chi connectivity index (χ1n) is 10.7. The normalized spacial score (nSPS) is 26.1. The summed E-state index contributed by atoms with van der Waals surface area (Å²) in [7, 11) is 1.07. The third kappa shape index (κ3) is 4.26. The standard InChI is InChI=1S/C23H23F5N4O3/c1-12-17(14-4-5-15(24)18(25)19(14)34-3)20(35-22(12,2)23(26,27)28)21(33)31-13-6-7-30-16(10-13)32-9-8-29-11-32/h4-10,12,17,20,29H,11H2,1-3H3,(H,30,31,33)/t12-,17-,20+,22+/m0/s1. The van der Waals surface area contributed by atoms with Gasteiger partial charge in [-0.25, -0.2) is 9.37 Å². The van der Waals surface area contributed by atoms with Gasteiger partial charge in [-0.1, -0.05) is 13.0 Å². The van der Waals surface area contributed by atoms with Gasteiger partial charge in [-0.05, 0) is 19.1 Å². The molecule has 2 aromatic rings. The number of aromatic nitrogens is 1. The van der Waals surface area contributed by atoms with Gasteiger partial charge in [-0.15, -0.1) is 0 Å². The molecule has 0 unspecified atom stereocenters. The summed E-state index contributed by atoms with van der Waals surface area (Å²) >= 11 is 0. The maximum absolute atomic E-state index is 14.5. The van der Waals surface area contributed by atoms with Crippen molar-refractivity contribution in [2.45, 2.75) is 37.6 Å². The number of rotatable bonds is 5. The van der Waals surface area contributed by atoms with Crippen LogP contribution in [0.15, 0.2) is 42.9 Å². The zero-order valence-corrected chi connectivity index (χ0v) is 19.0. The maximum Gasteiger partial charge on any atom is 0.417 e. The monoisotopic (exact) mass is 498 g/mol. The minimum atomic E-state index is -4.84. The van der Waals surface area contributed by atoms with E-state index in [1.54, 1.807) is 23.4 Å². The Balaban J connectivity index is 1.71. The molecule has 7 nitrogen and oxygen atoms in total. The minimum Gasteiger partial charge on any atom is -0.493 e. The van der Waals surface area contributed by atoms with Crippen LogP contribution in [0.1, 0.15) is 25.3 Å². The van der Waals surface area contributed by atoms with Crippen molar-refractivity contribution < 1.29 is 36.2 Å². The quantitative estimate of drug-likeness (QED) is 0.600. The largest absolute Gasteiger partial charge is 0.493 e. The van der Waals surface area contributed by atoms with Gasteiger partial charge in [0.15, 0.2) is 17.2 Å². The van der Waals surface area contributed by atoms with E-state index in [0.29, 0.717) is 12.5 Å². The van der Waals surface area contributed by atoms with E-state index in [1.807, 2.05) is 0 Å². The van der Waals surface area contributed by atoms with E-state index < -0.39 is 53.0 Å². The van der Waals surface area contributed by atoms with Crippen molar-refractivity contribution in [3.63, 3.8) is 0 Å². The average molecular weight is 498 g/mol. The number of ether oxygens (including phenoxy) is 2. The SMILES string of the molecule is COc1c([C@H]2[C@H](C(=O)Nc3ccnc(N4C=CNC4)c3)O[C@@](C)(C(F)(F)F)[C@H]2C)ccc(F)c1F. The molecule has 3 heterocycles. The lowest BCUT2D eigenvalue weighted by molar-refractivity contribution is -0.272. The molecule has 1 fully saturated rings. The highest BCUT2D eigenvalue weighted by atomic mass is 19.4. The van der Waals surface area contributed by atoms with Crippen molar-refractivity contribution in [1.29, 1.82) is 0 Å². The molecule has 1 aromatic heterocycles. The number of hydrogen-bond donors (Lipinski definition) is 2. The highest BCUT2D eigenvalue weighted by Crippen LogP contribution is 2.55. The number of methoxy groups -OCH3 is 1. The van der Waals surface area contributed by atoms with Crippen LogP contribution in [0.4, 0.5) is 33.5 Å². The Morgan fingerprint density at radius 2 is 2.06 bits per heavy atom. The summed E-state index contributed by atoms with van der Waals surface area (Å²) in [5, 5.41) is 5.54. The van der Waals surface area contributed by atoms with Gasteiger partial charge in [-0.2, -0.15) is 17.6 Å². The second kappa shape index (κ2) is 8.99. The molecule has 0 saturated carbocycles. The Hall–Kier alpha value is -3.41. The zero-order chi connectivity index (χ0) is 25.5. The molecule has 4 rings (SSSR count). The topological polar surface area (TPSA) is 75.7 Å². The van der Waals surface area contributed by atoms with Crippen LogP contribution in [-0.4, -0.2) is 42.6 Å². The van der Waals surface area contributed by atoms with E-state index in [0.717, 1.165) is 26.2 Å². The molecule has 12 heteroatoms. The van der Waals surface area contributed by atoms with Gasteiger partial charge in [-0.3, -0.25) is 4.79 Å². The first kappa shape index (κ1) is 24.7. The number of nitrogens with zero attached hydrogens (tertiary/aromatic N) is 2. The molecule has 1 amide bonds. The maximum atomic E-state index is 14.5. The number of carbonyl (C=O) groups is 1. The van der Waals surface area contributed by atoms with E-state index in [-0.39, 0.29) is 11.3 Å². The Labute approximate surface area is 197 Å². The summed E-state index contributed by atoms with van der Waals surface area (Å²) in [6.07, 6.45) is -1.65. The fraction of sp³-hybridized carbons (Fsp3) is 0.391. The van der Waals surface area contributed by atoms with Crippen molar-refractivity contribution in [3.8, 4) is 5.75 Å². The van der Waals surface area contributed by atoms with E-state index in [4.69, 9.17) is 9.47 Å². The summed E-state index contributed by atoms with van der Waals surface area (Å²) in [6, 6.07) is 4.92. The van der Waals surface area contributed by atoms with Crippen molar-refractivity contribution in [1.82, 2.24) is 10.3 Å². The third-order valence-electron chi connectivity index (χ3n) is 6.51. The van der Waals surface area contributed by atoms with Crippen molar-refractivity contribution in [2.75, 3.05) is 24.0 Å². The van der Waals surface area contributed by atoms with Crippen LogP contribution in [0, 0.1) is 17.6 Å². The number of pyridine rings is 1. The molecule has 2 N–H and O–H groups in total. The minimum absolute atomic E-state index is 0.101. The van der Waals surface area contributed by atoms with Crippen molar-refractivity contribution in [3.05, 3.63) is 60.1 Å². The number of benzene rings is 1. The molecule has 0 radical (unpaired) electrons. The molecule has 1 aromatic carbocycles. The first-order valence-corrected chi connectivity index (χ1v) is 10.7. The van der Waals surface area contributed by atoms with E-state index in [2.05, 4.69) is 15.6 Å². The molecule has 0 spiro atoms. The van der Waals surface area contributed by atoms with Gasteiger partial charge < -0.3 is 25.0 Å². The van der Waals surface area contributed by atoms with E-state index in [1.165, 1.54) is 19.2 Å². The molecule has 188 valence electrons. The van der Waals surface area contributed by atoms with Gasteiger partial charge in [0.2, 0.25) is 5.82 Å². The van der Waals surface area contributed by atoms with Crippen LogP contribution in [0.5, 0.6) is 5.75 Å². The number of alkyl halides is 3. The summed E-state index contributed by atoms with van der Waals surface area (Å²) in [6.45, 7) is 2.54. The Morgan fingerprint density at radius 3 is 2.69 bits per heavy atom. The van der Waals surface area contributed by atoms with Crippen LogP contribution in [0.3, 0.4) is 0 Å². The van der Waals surface area contributed by atoms with Crippen LogP contribution < -0.4 is 20.3 Å². The lowest BCUT2D eigenvalue weighted by atomic mass is 9.77. The zero-order valence-electron chi connectivity index (χ0n) is 19.0. The Bertz CT molecular complexity index is 1160. The second-order valence-electron chi connectivity index (χ2n) is 8.48. The predicted octanol–water partition coefficient (Wildman–Crippen LogP) is 4.28. The van der Waals surface area contributed by atoms with Gasteiger partial charge in [0.05, 0.1) is 13.8 Å². The lowest BCUT2D eigenvalue weighted by Gasteiger charge is -2.32. The molecule has 0 aliphatic carbocycles. The van der Waals surface area contributed by atoms with Crippen molar-refractivity contribution in [2.24, 2.45) is 5.92 Å². The second-order valence-corrected chi connectivity index (χ2v) is 8.48. The van der Waals surface area contributed by atoms with Crippen molar-refractivity contribution >= 4 is 17.4 Å². The number of halogens is 5. The lowest BCUT2D eigenvalue weighted by Crippen LogP contribution is -2.47. The first-order chi connectivity index (χ1) is 16.5. The molecule has 4 atom stereocenters. The Kier molecular flexibility index (Phi) is 6.34. The molecular weight excluding hydrogens is 475 g/mol. The highest BCUT2D eigenvalue weighted by molar-refractivity contribution is 5.95. The molecule has 2 aliphatic heterocycles. The van der Waals surface area contributed by atoms with Crippen LogP contribution >= 0.6 is 0 Å². The van der Waals surface area contributed by atoms with Gasteiger partial charge >= 0.3 is 6.18 Å². The predicted molar refractivity (Wildman–Crippen MR) is 117 cm³/mol. The number of anilines is 2. The van der Waals surface area contributed by atoms with Crippen LogP contribution in [0.2, 0.25) is 0 Å². The number of hydrogen-bond acceptors (Lipinski definition) is 6.